The fourth-order valence-electron chi connectivity index (χ4n) is 2.03. The van der Waals surface area contributed by atoms with Crippen molar-refractivity contribution in [1.82, 2.24) is 34.5 Å². The lowest BCUT2D eigenvalue weighted by Crippen LogP contribution is -2.15. The van der Waals surface area contributed by atoms with Gasteiger partial charge in [0.15, 0.2) is 0 Å². The Kier molecular flexibility index (Phi) is 3.99. The minimum absolute atomic E-state index is 0.204. The van der Waals surface area contributed by atoms with Gasteiger partial charge in [-0.15, -0.1) is 5.10 Å². The normalized spacial score (nSPS) is 11.1. The summed E-state index contributed by atoms with van der Waals surface area (Å²) in [6.45, 7) is 3.91. The van der Waals surface area contributed by atoms with E-state index >= 15 is 0 Å². The second-order valence-corrected chi connectivity index (χ2v) is 6.18. The largest absolute Gasteiger partial charge is 0.368 e. The first-order valence-corrected chi connectivity index (χ1v) is 7.92. The SMILES string of the molecule is Cc1cc(C)n2nc(SCc3nc(N)nc(N(C)C)n3)nc2n1. The molecule has 9 nitrogen and oxygen atoms in total. The Morgan fingerprint density at radius 1 is 1.13 bits per heavy atom. The lowest BCUT2D eigenvalue weighted by molar-refractivity contribution is 0.842. The number of nitrogen functional groups attached to an aromatic ring is 1. The van der Waals surface area contributed by atoms with Gasteiger partial charge in [-0.1, -0.05) is 11.8 Å². The summed E-state index contributed by atoms with van der Waals surface area (Å²) in [5, 5.41) is 5.06. The summed E-state index contributed by atoms with van der Waals surface area (Å²) >= 11 is 1.43. The molecule has 0 aliphatic carbocycles. The van der Waals surface area contributed by atoms with Crippen LogP contribution in [0, 0.1) is 13.8 Å². The van der Waals surface area contributed by atoms with Crippen molar-refractivity contribution >= 4 is 29.4 Å². The molecule has 0 spiro atoms. The molecule has 0 aliphatic rings. The Morgan fingerprint density at radius 3 is 2.65 bits per heavy atom. The summed E-state index contributed by atoms with van der Waals surface area (Å²) < 4.78 is 1.72. The first-order chi connectivity index (χ1) is 10.9. The third-order valence-corrected chi connectivity index (χ3v) is 3.85. The second-order valence-electron chi connectivity index (χ2n) is 5.24. The number of anilines is 2. The molecule has 23 heavy (non-hydrogen) atoms. The Hall–Kier alpha value is -2.49. The van der Waals surface area contributed by atoms with E-state index in [1.165, 1.54) is 11.8 Å². The maximum Gasteiger partial charge on any atom is 0.253 e. The molecule has 3 aromatic rings. The van der Waals surface area contributed by atoms with Crippen LogP contribution in [-0.4, -0.2) is 48.6 Å². The molecule has 10 heteroatoms. The van der Waals surface area contributed by atoms with Gasteiger partial charge in [0.25, 0.3) is 5.78 Å². The topological polar surface area (TPSA) is 111 Å². The summed E-state index contributed by atoms with van der Waals surface area (Å²) in [6, 6.07) is 1.96. The standard InChI is InChI=1S/C13H17N9S/c1-7-5-8(2)22-12(15-7)19-13(20-22)23-6-9-16-10(14)18-11(17-9)21(3)4/h5H,6H2,1-4H3,(H2,14,16,17,18). The minimum atomic E-state index is 0.204. The molecular weight excluding hydrogens is 314 g/mol. The molecule has 0 aliphatic heterocycles. The third-order valence-electron chi connectivity index (χ3n) is 3.02. The summed E-state index contributed by atoms with van der Waals surface area (Å²) in [6.07, 6.45) is 0. The van der Waals surface area contributed by atoms with Gasteiger partial charge in [-0.3, -0.25) is 0 Å². The van der Waals surface area contributed by atoms with E-state index in [2.05, 4.69) is 30.0 Å². The predicted molar refractivity (Wildman–Crippen MR) is 88.4 cm³/mol. The molecule has 120 valence electrons. The van der Waals surface area contributed by atoms with Crippen LogP contribution in [0.2, 0.25) is 0 Å². The van der Waals surface area contributed by atoms with Crippen LogP contribution >= 0.6 is 11.8 Å². The van der Waals surface area contributed by atoms with Crippen molar-refractivity contribution < 1.29 is 0 Å². The van der Waals surface area contributed by atoms with Crippen LogP contribution in [0.1, 0.15) is 17.2 Å². The van der Waals surface area contributed by atoms with E-state index in [9.17, 15) is 0 Å². The summed E-state index contributed by atoms with van der Waals surface area (Å²) in [5.41, 5.74) is 7.63. The molecule has 0 amide bonds. The minimum Gasteiger partial charge on any atom is -0.368 e. The average Bonchev–Trinajstić information content (AvgIpc) is 2.87. The number of rotatable bonds is 4. The zero-order valence-corrected chi connectivity index (χ0v) is 14.2. The van der Waals surface area contributed by atoms with Crippen molar-refractivity contribution in [1.29, 1.82) is 0 Å². The predicted octanol–water partition coefficient (Wildman–Crippen LogP) is 0.867. The monoisotopic (exact) mass is 331 g/mol. The van der Waals surface area contributed by atoms with Crippen LogP contribution in [-0.2, 0) is 5.75 Å². The maximum atomic E-state index is 5.72. The molecule has 0 saturated carbocycles. The number of thioether (sulfide) groups is 1. The van der Waals surface area contributed by atoms with Gasteiger partial charge in [-0.25, -0.2) is 9.50 Å². The molecule has 3 rings (SSSR count). The van der Waals surface area contributed by atoms with Crippen LogP contribution in [0.5, 0.6) is 0 Å². The van der Waals surface area contributed by atoms with E-state index < -0.39 is 0 Å². The Balaban J connectivity index is 1.82. The molecule has 0 aromatic carbocycles. The number of hydrogen-bond acceptors (Lipinski definition) is 9. The molecule has 0 unspecified atom stereocenters. The number of hydrogen-bond donors (Lipinski definition) is 1. The van der Waals surface area contributed by atoms with Crippen LogP contribution in [0.3, 0.4) is 0 Å². The smallest absolute Gasteiger partial charge is 0.253 e. The van der Waals surface area contributed by atoms with E-state index in [-0.39, 0.29) is 5.95 Å². The van der Waals surface area contributed by atoms with E-state index in [0.29, 0.717) is 28.5 Å². The number of fused-ring (bicyclic) bond motifs is 1. The molecule has 2 N–H and O–H groups in total. The maximum absolute atomic E-state index is 5.72. The highest BCUT2D eigenvalue weighted by Crippen LogP contribution is 2.20. The van der Waals surface area contributed by atoms with Gasteiger partial charge in [-0.05, 0) is 19.9 Å². The summed E-state index contributed by atoms with van der Waals surface area (Å²) in [7, 11) is 3.71. The molecule has 0 atom stereocenters. The van der Waals surface area contributed by atoms with Gasteiger partial charge in [0.1, 0.15) is 5.82 Å². The summed E-state index contributed by atoms with van der Waals surface area (Å²) in [4.78, 5) is 23.2. The van der Waals surface area contributed by atoms with Crippen LogP contribution in [0.4, 0.5) is 11.9 Å². The van der Waals surface area contributed by atoms with Gasteiger partial charge in [0.2, 0.25) is 17.1 Å². The molecule has 3 aromatic heterocycles. The number of nitrogens with two attached hydrogens (primary N) is 1. The van der Waals surface area contributed by atoms with Gasteiger partial charge in [-0.2, -0.15) is 19.9 Å². The fourth-order valence-corrected chi connectivity index (χ4v) is 2.70. The zero-order valence-electron chi connectivity index (χ0n) is 13.3. The highest BCUT2D eigenvalue weighted by molar-refractivity contribution is 7.98. The van der Waals surface area contributed by atoms with Crippen LogP contribution in [0.15, 0.2) is 11.2 Å². The lowest BCUT2D eigenvalue weighted by atomic mass is 10.4. The van der Waals surface area contributed by atoms with Crippen molar-refractivity contribution in [3.63, 3.8) is 0 Å². The van der Waals surface area contributed by atoms with Crippen molar-refractivity contribution in [2.45, 2.75) is 24.8 Å². The number of nitrogens with zero attached hydrogens (tertiary/aromatic N) is 8. The van der Waals surface area contributed by atoms with E-state index in [1.807, 2.05) is 34.0 Å². The van der Waals surface area contributed by atoms with Crippen molar-refractivity contribution in [2.75, 3.05) is 24.7 Å². The van der Waals surface area contributed by atoms with Gasteiger partial charge >= 0.3 is 0 Å². The number of aryl methyl sites for hydroxylation is 2. The first kappa shape index (κ1) is 15.4. The van der Waals surface area contributed by atoms with Gasteiger partial charge < -0.3 is 10.6 Å². The quantitative estimate of drug-likeness (QED) is 0.696. The fraction of sp³-hybridized carbons (Fsp3) is 0.385. The Bertz CT molecular complexity index is 858. The van der Waals surface area contributed by atoms with E-state index in [0.717, 1.165) is 11.4 Å². The molecular formula is C13H17N9S. The molecule has 0 bridgehead atoms. The van der Waals surface area contributed by atoms with Gasteiger partial charge in [0.05, 0.1) is 5.75 Å². The zero-order chi connectivity index (χ0) is 16.6. The third kappa shape index (κ3) is 3.31. The van der Waals surface area contributed by atoms with Crippen molar-refractivity contribution in [2.24, 2.45) is 0 Å². The number of aromatic nitrogens is 7. The molecule has 0 saturated heterocycles. The van der Waals surface area contributed by atoms with Crippen molar-refractivity contribution in [3.05, 3.63) is 23.3 Å². The molecule has 0 fully saturated rings. The Morgan fingerprint density at radius 2 is 1.91 bits per heavy atom. The average molecular weight is 331 g/mol. The van der Waals surface area contributed by atoms with Crippen LogP contribution < -0.4 is 10.6 Å². The van der Waals surface area contributed by atoms with Crippen LogP contribution in [0.25, 0.3) is 5.78 Å². The molecule has 0 radical (unpaired) electrons. The summed E-state index contributed by atoms with van der Waals surface area (Å²) in [5.74, 6) is 2.42. The van der Waals surface area contributed by atoms with E-state index in [1.54, 1.807) is 9.42 Å². The Labute approximate surface area is 137 Å². The highest BCUT2D eigenvalue weighted by Gasteiger charge is 2.11. The van der Waals surface area contributed by atoms with E-state index in [4.69, 9.17) is 5.73 Å². The first-order valence-electron chi connectivity index (χ1n) is 6.94. The molecule has 3 heterocycles. The lowest BCUT2D eigenvalue weighted by Gasteiger charge is -2.10. The van der Waals surface area contributed by atoms with Crippen molar-refractivity contribution in [3.8, 4) is 0 Å². The highest BCUT2D eigenvalue weighted by atomic mass is 32.2. The second kappa shape index (κ2) is 5.95. The van der Waals surface area contributed by atoms with Gasteiger partial charge in [0, 0.05) is 25.5 Å².